The second-order valence-electron chi connectivity index (χ2n) is 5.07. The Morgan fingerprint density at radius 2 is 2.25 bits per heavy atom. The second-order valence-corrected chi connectivity index (χ2v) is 5.85. The van der Waals surface area contributed by atoms with E-state index in [-0.39, 0.29) is 11.9 Å². The van der Waals surface area contributed by atoms with Gasteiger partial charge in [0, 0.05) is 18.2 Å². The third kappa shape index (κ3) is 2.49. The number of hydrogen-bond donors (Lipinski definition) is 3. The van der Waals surface area contributed by atoms with Gasteiger partial charge in [-0.05, 0) is 53.4 Å². The van der Waals surface area contributed by atoms with Crippen molar-refractivity contribution in [2.75, 3.05) is 16.4 Å². The van der Waals surface area contributed by atoms with Crippen LogP contribution < -0.4 is 16.4 Å². The third-order valence-electron chi connectivity index (χ3n) is 3.59. The number of carbonyl (C=O) groups is 1. The minimum absolute atomic E-state index is 0.0595. The summed E-state index contributed by atoms with van der Waals surface area (Å²) in [6.07, 6.45) is 1.30. The van der Waals surface area contributed by atoms with Crippen LogP contribution in [0.4, 0.5) is 17.1 Å². The van der Waals surface area contributed by atoms with E-state index in [9.17, 15) is 4.79 Å². The molecule has 1 amide bonds. The lowest BCUT2D eigenvalue weighted by atomic mass is 10.0. The molecule has 1 unspecified atom stereocenters. The molecular weight excluding hydrogens is 270 g/mol. The fourth-order valence-electron chi connectivity index (χ4n) is 2.41. The molecule has 104 valence electrons. The second kappa shape index (κ2) is 5.17. The van der Waals surface area contributed by atoms with E-state index in [1.807, 2.05) is 12.1 Å². The van der Waals surface area contributed by atoms with Gasteiger partial charge in [0.1, 0.15) is 0 Å². The largest absolute Gasteiger partial charge is 0.397 e. The van der Waals surface area contributed by atoms with Crippen molar-refractivity contribution < 1.29 is 4.79 Å². The summed E-state index contributed by atoms with van der Waals surface area (Å²) < 4.78 is 0. The monoisotopic (exact) mass is 287 g/mol. The molecule has 1 aliphatic rings. The van der Waals surface area contributed by atoms with Gasteiger partial charge in [0.15, 0.2) is 0 Å². The molecule has 0 bridgehead atoms. The van der Waals surface area contributed by atoms with Gasteiger partial charge in [-0.15, -0.1) is 0 Å². The smallest absolute Gasteiger partial charge is 0.224 e. The summed E-state index contributed by atoms with van der Waals surface area (Å²) in [4.78, 5) is 11.4. The Kier molecular flexibility index (Phi) is 3.36. The highest BCUT2D eigenvalue weighted by atomic mass is 32.1. The topological polar surface area (TPSA) is 67.2 Å². The molecule has 1 atom stereocenters. The maximum atomic E-state index is 11.4. The van der Waals surface area contributed by atoms with Gasteiger partial charge in [0.05, 0.1) is 11.4 Å². The van der Waals surface area contributed by atoms with E-state index >= 15 is 0 Å². The molecule has 0 fully saturated rings. The first-order chi connectivity index (χ1) is 9.63. The van der Waals surface area contributed by atoms with E-state index in [1.165, 1.54) is 5.56 Å². The Morgan fingerprint density at radius 1 is 1.40 bits per heavy atom. The number of nitrogens with two attached hydrogens (primary N) is 1. The normalized spacial score (nSPS) is 15.3. The van der Waals surface area contributed by atoms with Crippen molar-refractivity contribution in [3.05, 3.63) is 40.1 Å². The average Bonchev–Trinajstić information content (AvgIpc) is 2.94. The number of hydrogen-bond acceptors (Lipinski definition) is 4. The van der Waals surface area contributed by atoms with Crippen LogP contribution in [-0.4, -0.2) is 5.91 Å². The summed E-state index contributed by atoms with van der Waals surface area (Å²) in [7, 11) is 0. The van der Waals surface area contributed by atoms with E-state index in [0.717, 1.165) is 23.4 Å². The van der Waals surface area contributed by atoms with E-state index in [4.69, 9.17) is 5.73 Å². The van der Waals surface area contributed by atoms with Crippen molar-refractivity contribution in [3.63, 3.8) is 0 Å². The van der Waals surface area contributed by atoms with Crippen molar-refractivity contribution in [1.29, 1.82) is 0 Å². The van der Waals surface area contributed by atoms with Crippen LogP contribution in [0.1, 0.15) is 30.5 Å². The lowest BCUT2D eigenvalue weighted by Crippen LogP contribution is -2.19. The van der Waals surface area contributed by atoms with Crippen LogP contribution in [0, 0.1) is 0 Å². The van der Waals surface area contributed by atoms with Gasteiger partial charge in [0.2, 0.25) is 5.91 Å². The van der Waals surface area contributed by atoms with Crippen LogP contribution in [0.5, 0.6) is 0 Å². The number of aryl methyl sites for hydroxylation is 1. The fourth-order valence-corrected chi connectivity index (χ4v) is 3.16. The number of anilines is 3. The SMILES string of the molecule is CC(Nc1cc2c(cc1N)NC(=O)CC2)c1ccsc1. The van der Waals surface area contributed by atoms with Crippen molar-refractivity contribution >= 4 is 34.3 Å². The number of fused-ring (bicyclic) bond motifs is 1. The molecule has 0 aliphatic carbocycles. The average molecular weight is 287 g/mol. The van der Waals surface area contributed by atoms with Gasteiger partial charge in [0.25, 0.3) is 0 Å². The molecule has 5 heteroatoms. The van der Waals surface area contributed by atoms with E-state index in [0.29, 0.717) is 12.1 Å². The Balaban J connectivity index is 1.85. The van der Waals surface area contributed by atoms with Gasteiger partial charge < -0.3 is 16.4 Å². The number of rotatable bonds is 3. The number of thiophene rings is 1. The van der Waals surface area contributed by atoms with Gasteiger partial charge in [-0.2, -0.15) is 11.3 Å². The zero-order valence-electron chi connectivity index (χ0n) is 11.3. The predicted octanol–water partition coefficient (Wildman–Crippen LogP) is 3.39. The molecule has 2 aromatic rings. The molecule has 0 radical (unpaired) electrons. The minimum Gasteiger partial charge on any atom is -0.397 e. The maximum Gasteiger partial charge on any atom is 0.224 e. The first kappa shape index (κ1) is 13.0. The molecule has 1 aromatic heterocycles. The molecule has 20 heavy (non-hydrogen) atoms. The number of amides is 1. The third-order valence-corrected chi connectivity index (χ3v) is 4.29. The van der Waals surface area contributed by atoms with Crippen LogP contribution >= 0.6 is 11.3 Å². The van der Waals surface area contributed by atoms with E-state index in [1.54, 1.807) is 11.3 Å². The lowest BCUT2D eigenvalue weighted by molar-refractivity contribution is -0.116. The maximum absolute atomic E-state index is 11.4. The first-order valence-electron chi connectivity index (χ1n) is 6.64. The van der Waals surface area contributed by atoms with Crippen LogP contribution in [0.25, 0.3) is 0 Å². The Hall–Kier alpha value is -2.01. The molecule has 0 spiro atoms. The summed E-state index contributed by atoms with van der Waals surface area (Å²) in [5.74, 6) is 0.0595. The molecule has 1 aliphatic heterocycles. The van der Waals surface area contributed by atoms with Crippen molar-refractivity contribution in [3.8, 4) is 0 Å². The highest BCUT2D eigenvalue weighted by Gasteiger charge is 2.17. The van der Waals surface area contributed by atoms with Crippen LogP contribution in [0.2, 0.25) is 0 Å². The van der Waals surface area contributed by atoms with Gasteiger partial charge in [-0.3, -0.25) is 4.79 Å². The molecule has 1 aromatic carbocycles. The lowest BCUT2D eigenvalue weighted by Gasteiger charge is -2.21. The Bertz CT molecular complexity index is 637. The molecule has 2 heterocycles. The molecule has 4 N–H and O–H groups in total. The summed E-state index contributed by atoms with van der Waals surface area (Å²) >= 11 is 1.69. The molecule has 0 saturated carbocycles. The highest BCUT2D eigenvalue weighted by Crippen LogP contribution is 2.33. The fraction of sp³-hybridized carbons (Fsp3) is 0.267. The number of carbonyl (C=O) groups excluding carboxylic acids is 1. The molecule has 4 nitrogen and oxygen atoms in total. The summed E-state index contributed by atoms with van der Waals surface area (Å²) in [6.45, 7) is 2.11. The summed E-state index contributed by atoms with van der Waals surface area (Å²) in [6, 6.07) is 6.21. The van der Waals surface area contributed by atoms with Gasteiger partial charge >= 0.3 is 0 Å². The quantitative estimate of drug-likeness (QED) is 0.758. The van der Waals surface area contributed by atoms with Crippen LogP contribution in [0.3, 0.4) is 0 Å². The molecule has 3 rings (SSSR count). The highest BCUT2D eigenvalue weighted by molar-refractivity contribution is 7.08. The summed E-state index contributed by atoms with van der Waals surface area (Å²) in [5, 5.41) is 10.5. The number of nitrogen functional groups attached to an aromatic ring is 1. The number of nitrogens with one attached hydrogen (secondary N) is 2. The van der Waals surface area contributed by atoms with Crippen LogP contribution in [-0.2, 0) is 11.2 Å². The van der Waals surface area contributed by atoms with Gasteiger partial charge in [-0.1, -0.05) is 0 Å². The van der Waals surface area contributed by atoms with Crippen molar-refractivity contribution in [2.24, 2.45) is 0 Å². The molecular formula is C15H17N3OS. The van der Waals surface area contributed by atoms with Crippen molar-refractivity contribution in [1.82, 2.24) is 0 Å². The zero-order valence-corrected chi connectivity index (χ0v) is 12.1. The Labute approximate surface area is 122 Å². The number of benzene rings is 1. The Morgan fingerprint density at radius 3 is 3.00 bits per heavy atom. The molecule has 0 saturated heterocycles. The minimum atomic E-state index is 0.0595. The van der Waals surface area contributed by atoms with E-state index < -0.39 is 0 Å². The van der Waals surface area contributed by atoms with Crippen molar-refractivity contribution in [2.45, 2.75) is 25.8 Å². The standard InChI is InChI=1S/C15H17N3OS/c1-9(11-4-5-20-8-11)17-14-6-10-2-3-15(19)18-13(10)7-12(14)16/h4-9,17H,2-3,16H2,1H3,(H,18,19). The zero-order chi connectivity index (χ0) is 14.1. The summed E-state index contributed by atoms with van der Waals surface area (Å²) in [5.41, 5.74) is 10.9. The van der Waals surface area contributed by atoms with E-state index in [2.05, 4.69) is 34.4 Å². The van der Waals surface area contributed by atoms with Crippen LogP contribution in [0.15, 0.2) is 29.0 Å². The van der Waals surface area contributed by atoms with Gasteiger partial charge in [-0.25, -0.2) is 0 Å². The predicted molar refractivity (Wildman–Crippen MR) is 84.2 cm³/mol. The first-order valence-corrected chi connectivity index (χ1v) is 7.58.